The van der Waals surface area contributed by atoms with Gasteiger partial charge in [0, 0.05) is 72.2 Å². The van der Waals surface area contributed by atoms with Crippen LogP contribution < -0.4 is 14.5 Å². The van der Waals surface area contributed by atoms with Crippen LogP contribution in [0, 0.1) is 18.8 Å². The molecular formula is C66H67N4OPt-3. The van der Waals surface area contributed by atoms with E-state index >= 15 is 0 Å². The molecule has 0 unspecified atom stereocenters. The van der Waals surface area contributed by atoms with Crippen molar-refractivity contribution in [3.05, 3.63) is 222 Å². The Bertz CT molecular complexity index is 3440. The maximum absolute atomic E-state index is 6.81. The molecule has 1 aliphatic heterocycles. The average Bonchev–Trinajstić information content (AvgIpc) is 3.89. The zero-order chi connectivity index (χ0) is 50.3. The summed E-state index contributed by atoms with van der Waals surface area (Å²) in [4.78, 5) is 9.57. The first kappa shape index (κ1) is 50.5. The van der Waals surface area contributed by atoms with Crippen molar-refractivity contribution in [2.45, 2.75) is 117 Å². The molecule has 0 atom stereocenters. The molecular weight excluding hydrogens is 1060 g/mol. The smallest absolute Gasteiger partial charge is 0.135 e. The number of hydrogen-bond acceptors (Lipinski definition) is 4. The van der Waals surface area contributed by atoms with Gasteiger partial charge in [0.2, 0.25) is 0 Å². The summed E-state index contributed by atoms with van der Waals surface area (Å²) >= 11 is 0. The Morgan fingerprint density at radius 2 is 1.04 bits per heavy atom. The minimum Gasteiger partial charge on any atom is -0.509 e. The van der Waals surface area contributed by atoms with Crippen LogP contribution in [0.15, 0.2) is 164 Å². The van der Waals surface area contributed by atoms with E-state index in [4.69, 9.17) is 9.72 Å². The van der Waals surface area contributed by atoms with Crippen molar-refractivity contribution < 1.29 is 25.8 Å². The SMILES string of the molecule is CC(C)(C)c1cc(N2[CH-]N(c3[c-]c(Oc4[c-]c5c(cc4)c4cc(C(C)(C)C)ccc4n5-c4cc(C(C)(C)C)ccn4)ccc3)c3cc(C(C)(C)c4ccccc4)ccc32)cc(C(C)(C)c2ccccc2)c1.[Pt]. The summed E-state index contributed by atoms with van der Waals surface area (Å²) in [5.74, 6) is 2.05. The summed E-state index contributed by atoms with van der Waals surface area (Å²) in [6.07, 6.45) is 1.92. The Labute approximate surface area is 443 Å². The molecule has 370 valence electrons. The van der Waals surface area contributed by atoms with Gasteiger partial charge in [-0.1, -0.05) is 180 Å². The number of hydrogen-bond donors (Lipinski definition) is 0. The van der Waals surface area contributed by atoms with Gasteiger partial charge < -0.3 is 19.1 Å². The number of pyridine rings is 1. The van der Waals surface area contributed by atoms with Crippen LogP contribution in [0.25, 0.3) is 27.6 Å². The zero-order valence-electron chi connectivity index (χ0n) is 44.2. The summed E-state index contributed by atoms with van der Waals surface area (Å²) < 4.78 is 9.05. The fourth-order valence-electron chi connectivity index (χ4n) is 9.98. The minimum atomic E-state index is -0.252. The largest absolute Gasteiger partial charge is 0.509 e. The number of ether oxygens (including phenoxy) is 1. The second kappa shape index (κ2) is 18.6. The van der Waals surface area contributed by atoms with Crippen LogP contribution in [-0.4, -0.2) is 9.55 Å². The van der Waals surface area contributed by atoms with Gasteiger partial charge in [-0.2, -0.15) is 12.1 Å². The molecule has 0 saturated heterocycles. The maximum Gasteiger partial charge on any atom is 0.135 e. The zero-order valence-corrected chi connectivity index (χ0v) is 46.5. The van der Waals surface area contributed by atoms with Crippen molar-refractivity contribution in [2.24, 2.45) is 0 Å². The Morgan fingerprint density at radius 3 is 1.69 bits per heavy atom. The molecule has 0 radical (unpaired) electrons. The van der Waals surface area contributed by atoms with Gasteiger partial charge in [-0.25, -0.2) is 4.98 Å². The third-order valence-corrected chi connectivity index (χ3v) is 14.8. The molecule has 5 nitrogen and oxygen atoms in total. The molecule has 72 heavy (non-hydrogen) atoms. The van der Waals surface area contributed by atoms with E-state index in [1.54, 1.807) is 0 Å². The van der Waals surface area contributed by atoms with E-state index in [0.29, 0.717) is 11.5 Å². The molecule has 0 spiro atoms. The molecule has 0 saturated carbocycles. The molecule has 1 aliphatic rings. The van der Waals surface area contributed by atoms with E-state index in [0.717, 1.165) is 50.4 Å². The predicted molar refractivity (Wildman–Crippen MR) is 297 cm³/mol. The van der Waals surface area contributed by atoms with Gasteiger partial charge in [-0.3, -0.25) is 0 Å². The van der Waals surface area contributed by atoms with Gasteiger partial charge in [-0.05, 0) is 103 Å². The summed E-state index contributed by atoms with van der Waals surface area (Å²) in [6.45, 7) is 31.9. The van der Waals surface area contributed by atoms with Crippen molar-refractivity contribution in [3.8, 4) is 17.3 Å². The number of benzene rings is 7. The maximum atomic E-state index is 6.81. The van der Waals surface area contributed by atoms with E-state index in [1.807, 2.05) is 18.3 Å². The van der Waals surface area contributed by atoms with Crippen LogP contribution in [0.3, 0.4) is 0 Å². The fourth-order valence-corrected chi connectivity index (χ4v) is 9.98. The number of aromatic nitrogens is 2. The first-order valence-corrected chi connectivity index (χ1v) is 25.1. The third-order valence-electron chi connectivity index (χ3n) is 14.8. The molecule has 0 amide bonds. The van der Waals surface area contributed by atoms with Gasteiger partial charge >= 0.3 is 0 Å². The van der Waals surface area contributed by atoms with Crippen LogP contribution >= 0.6 is 0 Å². The third kappa shape index (κ3) is 9.42. The first-order chi connectivity index (χ1) is 33.6. The molecule has 10 rings (SSSR count). The van der Waals surface area contributed by atoms with Gasteiger partial charge in [0.15, 0.2) is 0 Å². The molecule has 3 heterocycles. The second-order valence-electron chi connectivity index (χ2n) is 23.6. The summed E-state index contributed by atoms with van der Waals surface area (Å²) in [6, 6.07) is 64.6. The monoisotopic (exact) mass is 1130 g/mol. The van der Waals surface area contributed by atoms with E-state index in [-0.39, 0.29) is 48.1 Å². The van der Waals surface area contributed by atoms with E-state index in [1.165, 1.54) is 38.9 Å². The molecule has 9 aromatic rings. The number of rotatable bonds is 9. The van der Waals surface area contributed by atoms with E-state index in [2.05, 4.69) is 269 Å². The average molecular weight is 1130 g/mol. The Balaban J connectivity index is 0.00000640. The van der Waals surface area contributed by atoms with Gasteiger partial charge in [-0.15, -0.1) is 48.1 Å². The van der Waals surface area contributed by atoms with Crippen molar-refractivity contribution in [2.75, 3.05) is 9.80 Å². The Morgan fingerprint density at radius 1 is 0.444 bits per heavy atom. The molecule has 0 aliphatic carbocycles. The van der Waals surface area contributed by atoms with Crippen molar-refractivity contribution in [1.29, 1.82) is 0 Å². The van der Waals surface area contributed by atoms with Crippen LogP contribution in [0.1, 0.15) is 129 Å². The molecule has 2 aromatic heterocycles. The van der Waals surface area contributed by atoms with E-state index < -0.39 is 0 Å². The molecule has 7 aromatic carbocycles. The summed E-state index contributed by atoms with van der Waals surface area (Å²) in [5, 5.41) is 2.26. The topological polar surface area (TPSA) is 33.5 Å². The molecule has 0 bridgehead atoms. The Kier molecular flexibility index (Phi) is 13.0. The fraction of sp³-hybridized carbons (Fsp3) is 0.273. The minimum absolute atomic E-state index is 0. The number of nitrogens with zero attached hydrogens (tertiary/aromatic N) is 4. The number of anilines is 4. The summed E-state index contributed by atoms with van der Waals surface area (Å²) in [7, 11) is 0. The first-order valence-electron chi connectivity index (χ1n) is 25.1. The number of fused-ring (bicyclic) bond motifs is 4. The standard InChI is InChI=1S/C66H67N4O.Pt/c1-62(2,3)46-27-31-57-56(38-46)55-30-29-54(42-59(55)70(57)61-40-47(33-34-67-61)63(4,5)6)71-53-26-20-25-51(41-53)68-43-69(58-32-28-48(39-60(58)68)65(10,11)44-21-16-14-17-22-44)52-36-49(64(7,8)9)35-50(37-52)66(12,13)45-23-18-15-19-24-45;/h14-40,43H,1-13H3;/q-3;. The van der Waals surface area contributed by atoms with Crippen molar-refractivity contribution in [1.82, 2.24) is 9.55 Å². The van der Waals surface area contributed by atoms with Crippen LogP contribution in [0.2, 0.25) is 0 Å². The summed E-state index contributed by atoms with van der Waals surface area (Å²) in [5.41, 5.74) is 14.3. The van der Waals surface area contributed by atoms with Crippen LogP contribution in [0.5, 0.6) is 11.5 Å². The van der Waals surface area contributed by atoms with Crippen LogP contribution in [0.4, 0.5) is 22.7 Å². The molecule has 0 N–H and O–H groups in total. The van der Waals surface area contributed by atoms with Gasteiger partial charge in [0.1, 0.15) is 5.82 Å². The van der Waals surface area contributed by atoms with E-state index in [9.17, 15) is 0 Å². The molecule has 0 fully saturated rings. The van der Waals surface area contributed by atoms with Crippen molar-refractivity contribution >= 4 is 44.6 Å². The van der Waals surface area contributed by atoms with Crippen LogP contribution in [-0.2, 0) is 48.1 Å². The Hall–Kier alpha value is -6.42. The van der Waals surface area contributed by atoms with Crippen molar-refractivity contribution in [3.63, 3.8) is 0 Å². The predicted octanol–water partition coefficient (Wildman–Crippen LogP) is 17.5. The molecule has 6 heteroatoms. The normalized spacial score (nSPS) is 13.4. The quantitative estimate of drug-likeness (QED) is 0.135. The van der Waals surface area contributed by atoms with Gasteiger partial charge in [0.05, 0.1) is 0 Å². The second-order valence-corrected chi connectivity index (χ2v) is 23.6. The van der Waals surface area contributed by atoms with Gasteiger partial charge in [0.25, 0.3) is 0 Å².